The lowest BCUT2D eigenvalue weighted by molar-refractivity contribution is 0.532. The monoisotopic (exact) mass is 209 g/mol. The molecular formula is C12H23N3. The number of aromatic nitrogens is 3. The molecule has 1 heterocycles. The van der Waals surface area contributed by atoms with Gasteiger partial charge in [-0.05, 0) is 19.3 Å². The van der Waals surface area contributed by atoms with Gasteiger partial charge in [-0.3, -0.25) is 0 Å². The number of rotatable bonds is 3. The molecule has 0 aliphatic rings. The third-order valence-electron chi connectivity index (χ3n) is 2.45. The second-order valence-corrected chi connectivity index (χ2v) is 5.55. The highest BCUT2D eigenvalue weighted by atomic mass is 15.4. The summed E-state index contributed by atoms with van der Waals surface area (Å²) in [6, 6.07) is 0. The molecule has 0 aliphatic heterocycles. The largest absolute Gasteiger partial charge is 0.249 e. The quantitative estimate of drug-likeness (QED) is 0.766. The number of aryl methyl sites for hydroxylation is 1. The highest BCUT2D eigenvalue weighted by Crippen LogP contribution is 2.25. The molecule has 0 atom stereocenters. The second kappa shape index (κ2) is 4.33. The zero-order valence-corrected chi connectivity index (χ0v) is 10.8. The van der Waals surface area contributed by atoms with E-state index in [1.54, 1.807) is 0 Å². The van der Waals surface area contributed by atoms with Crippen LogP contribution in [-0.2, 0) is 18.4 Å². The predicted molar refractivity (Wildman–Crippen MR) is 62.9 cm³/mol. The standard InChI is InChI=1S/C12H23N3/c1-7-15-10(8-9(2)3)11(13-14-15)12(4,5)6/h9H,7-8H2,1-6H3. The Hall–Kier alpha value is -0.860. The van der Waals surface area contributed by atoms with Gasteiger partial charge >= 0.3 is 0 Å². The van der Waals surface area contributed by atoms with E-state index in [2.05, 4.69) is 51.9 Å². The number of hydrogen-bond donors (Lipinski definition) is 0. The molecule has 86 valence electrons. The van der Waals surface area contributed by atoms with Crippen molar-refractivity contribution in [3.8, 4) is 0 Å². The second-order valence-electron chi connectivity index (χ2n) is 5.55. The van der Waals surface area contributed by atoms with Crippen LogP contribution in [0.15, 0.2) is 0 Å². The van der Waals surface area contributed by atoms with Crippen molar-refractivity contribution in [1.82, 2.24) is 15.0 Å². The minimum atomic E-state index is 0.0949. The van der Waals surface area contributed by atoms with Crippen LogP contribution < -0.4 is 0 Å². The Morgan fingerprint density at radius 2 is 1.87 bits per heavy atom. The van der Waals surface area contributed by atoms with Crippen molar-refractivity contribution in [2.45, 2.75) is 59.9 Å². The van der Waals surface area contributed by atoms with Crippen LogP contribution in [0.1, 0.15) is 52.9 Å². The maximum atomic E-state index is 4.32. The van der Waals surface area contributed by atoms with Crippen molar-refractivity contribution < 1.29 is 0 Å². The van der Waals surface area contributed by atoms with E-state index in [0.717, 1.165) is 18.7 Å². The minimum Gasteiger partial charge on any atom is -0.249 e. The van der Waals surface area contributed by atoms with E-state index in [4.69, 9.17) is 0 Å². The Morgan fingerprint density at radius 3 is 2.27 bits per heavy atom. The van der Waals surface area contributed by atoms with Gasteiger partial charge < -0.3 is 0 Å². The average molecular weight is 209 g/mol. The molecular weight excluding hydrogens is 186 g/mol. The first-order chi connectivity index (χ1) is 6.86. The van der Waals surface area contributed by atoms with Crippen LogP contribution in [0.5, 0.6) is 0 Å². The Balaban J connectivity index is 3.11. The maximum Gasteiger partial charge on any atom is 0.0912 e. The summed E-state index contributed by atoms with van der Waals surface area (Å²) in [6.45, 7) is 14.1. The number of hydrogen-bond acceptors (Lipinski definition) is 2. The Labute approximate surface area is 92.9 Å². The molecule has 15 heavy (non-hydrogen) atoms. The summed E-state index contributed by atoms with van der Waals surface area (Å²) in [5.74, 6) is 0.648. The highest BCUT2D eigenvalue weighted by molar-refractivity contribution is 5.19. The van der Waals surface area contributed by atoms with Gasteiger partial charge in [0.05, 0.1) is 11.4 Å². The first-order valence-electron chi connectivity index (χ1n) is 5.79. The van der Waals surface area contributed by atoms with E-state index in [1.165, 1.54) is 5.69 Å². The molecule has 3 nitrogen and oxygen atoms in total. The Bertz CT molecular complexity index is 318. The van der Waals surface area contributed by atoms with Gasteiger partial charge in [-0.2, -0.15) is 0 Å². The summed E-state index contributed by atoms with van der Waals surface area (Å²) < 4.78 is 2.03. The van der Waals surface area contributed by atoms with Crippen LogP contribution in [0, 0.1) is 5.92 Å². The summed E-state index contributed by atoms with van der Waals surface area (Å²) in [6.07, 6.45) is 1.06. The van der Waals surface area contributed by atoms with Crippen molar-refractivity contribution in [1.29, 1.82) is 0 Å². The van der Waals surface area contributed by atoms with Crippen LogP contribution in [-0.4, -0.2) is 15.0 Å². The van der Waals surface area contributed by atoms with Crippen molar-refractivity contribution in [3.63, 3.8) is 0 Å². The molecule has 0 fully saturated rings. The van der Waals surface area contributed by atoms with E-state index >= 15 is 0 Å². The van der Waals surface area contributed by atoms with Crippen LogP contribution in [0.25, 0.3) is 0 Å². The zero-order chi connectivity index (χ0) is 11.6. The summed E-state index contributed by atoms with van der Waals surface area (Å²) in [4.78, 5) is 0. The molecule has 1 aromatic rings. The Morgan fingerprint density at radius 1 is 1.27 bits per heavy atom. The maximum absolute atomic E-state index is 4.32. The van der Waals surface area contributed by atoms with Crippen LogP contribution in [0.2, 0.25) is 0 Å². The molecule has 0 saturated heterocycles. The molecule has 0 saturated carbocycles. The van der Waals surface area contributed by atoms with Gasteiger partial charge in [-0.1, -0.05) is 39.8 Å². The summed E-state index contributed by atoms with van der Waals surface area (Å²) in [5, 5.41) is 8.55. The van der Waals surface area contributed by atoms with Gasteiger partial charge in [0.15, 0.2) is 0 Å². The number of nitrogens with zero attached hydrogens (tertiary/aromatic N) is 3. The molecule has 0 aliphatic carbocycles. The molecule has 1 aromatic heterocycles. The van der Waals surface area contributed by atoms with E-state index < -0.39 is 0 Å². The van der Waals surface area contributed by atoms with Crippen LogP contribution in [0.4, 0.5) is 0 Å². The molecule has 0 aromatic carbocycles. The molecule has 0 unspecified atom stereocenters. The summed E-state index contributed by atoms with van der Waals surface area (Å²) in [7, 11) is 0. The van der Waals surface area contributed by atoms with E-state index in [9.17, 15) is 0 Å². The van der Waals surface area contributed by atoms with Gasteiger partial charge in [0.2, 0.25) is 0 Å². The minimum absolute atomic E-state index is 0.0949. The van der Waals surface area contributed by atoms with Gasteiger partial charge in [0.1, 0.15) is 0 Å². The third kappa shape index (κ3) is 2.80. The topological polar surface area (TPSA) is 30.7 Å². The van der Waals surface area contributed by atoms with Gasteiger partial charge in [0, 0.05) is 12.0 Å². The molecule has 1 rings (SSSR count). The average Bonchev–Trinajstić information content (AvgIpc) is 2.45. The molecule has 0 bridgehead atoms. The predicted octanol–water partition coefficient (Wildman–Crippen LogP) is 2.79. The zero-order valence-electron chi connectivity index (χ0n) is 10.8. The molecule has 0 spiro atoms. The smallest absolute Gasteiger partial charge is 0.0912 e. The van der Waals surface area contributed by atoms with Gasteiger partial charge in [-0.25, -0.2) is 4.68 Å². The lowest BCUT2D eigenvalue weighted by Crippen LogP contribution is -2.17. The van der Waals surface area contributed by atoms with Gasteiger partial charge in [0.25, 0.3) is 0 Å². The molecule has 3 heteroatoms. The van der Waals surface area contributed by atoms with Crippen molar-refractivity contribution >= 4 is 0 Å². The molecule has 0 N–H and O–H groups in total. The van der Waals surface area contributed by atoms with Gasteiger partial charge in [-0.15, -0.1) is 5.10 Å². The summed E-state index contributed by atoms with van der Waals surface area (Å²) in [5.41, 5.74) is 2.55. The molecule has 0 radical (unpaired) electrons. The third-order valence-corrected chi connectivity index (χ3v) is 2.45. The summed E-state index contributed by atoms with van der Waals surface area (Å²) >= 11 is 0. The van der Waals surface area contributed by atoms with E-state index in [-0.39, 0.29) is 5.41 Å². The van der Waals surface area contributed by atoms with Crippen LogP contribution >= 0.6 is 0 Å². The lowest BCUT2D eigenvalue weighted by Gasteiger charge is -2.18. The fraction of sp³-hybridized carbons (Fsp3) is 0.833. The van der Waals surface area contributed by atoms with Crippen LogP contribution in [0.3, 0.4) is 0 Å². The highest BCUT2D eigenvalue weighted by Gasteiger charge is 2.24. The normalized spacial score (nSPS) is 12.5. The first kappa shape index (κ1) is 12.2. The van der Waals surface area contributed by atoms with Crippen molar-refractivity contribution in [2.75, 3.05) is 0 Å². The Kier molecular flexibility index (Phi) is 3.53. The van der Waals surface area contributed by atoms with E-state index in [0.29, 0.717) is 5.92 Å². The molecule has 0 amide bonds. The first-order valence-corrected chi connectivity index (χ1v) is 5.79. The van der Waals surface area contributed by atoms with Crippen molar-refractivity contribution in [3.05, 3.63) is 11.4 Å². The lowest BCUT2D eigenvalue weighted by atomic mass is 9.88. The fourth-order valence-electron chi connectivity index (χ4n) is 1.76. The van der Waals surface area contributed by atoms with E-state index in [1.807, 2.05) is 4.68 Å². The fourth-order valence-corrected chi connectivity index (χ4v) is 1.76. The SMILES string of the molecule is CCn1nnc(C(C)(C)C)c1CC(C)C. The van der Waals surface area contributed by atoms with Crippen molar-refractivity contribution in [2.24, 2.45) is 5.92 Å².